The normalized spacial score (nSPS) is 12.0. The van der Waals surface area contributed by atoms with Gasteiger partial charge in [0.05, 0.1) is 15.5 Å². The third-order valence-electron chi connectivity index (χ3n) is 3.83. The lowest BCUT2D eigenvalue weighted by Crippen LogP contribution is -2.30. The first-order chi connectivity index (χ1) is 13.2. The van der Waals surface area contributed by atoms with E-state index in [4.69, 9.17) is 5.26 Å². The number of anilines is 1. The third-order valence-corrected chi connectivity index (χ3v) is 7.85. The molecule has 1 N–H and O–H groups in total. The largest absolute Gasteiger partial charge is 0.277 e. The number of benzene rings is 2. The monoisotopic (exact) mass is 443 g/mol. The van der Waals surface area contributed by atoms with Crippen LogP contribution in [0.1, 0.15) is 13.8 Å². The van der Waals surface area contributed by atoms with Crippen LogP contribution >= 0.6 is 11.8 Å². The Labute approximate surface area is 168 Å². The molecule has 0 saturated heterocycles. The van der Waals surface area contributed by atoms with E-state index in [-0.39, 0.29) is 15.5 Å². The number of hydrogen-bond donors (Lipinski definition) is 1. The zero-order chi connectivity index (χ0) is 20.9. The second kappa shape index (κ2) is 8.91. The Morgan fingerprint density at radius 1 is 1.04 bits per heavy atom. The fourth-order valence-electron chi connectivity index (χ4n) is 2.40. The fourth-order valence-corrected chi connectivity index (χ4v) is 5.33. The molecule has 0 aromatic heterocycles. The number of thiocyanates is 1. The molecule has 0 aliphatic heterocycles. The smallest absolute Gasteiger partial charge is 0.261 e. The molecule has 2 aromatic carbocycles. The van der Waals surface area contributed by atoms with Gasteiger partial charge in [0.25, 0.3) is 10.0 Å². The van der Waals surface area contributed by atoms with E-state index < -0.39 is 25.9 Å². The van der Waals surface area contributed by atoms with E-state index in [1.807, 2.05) is 0 Å². The molecule has 11 heteroatoms. The summed E-state index contributed by atoms with van der Waals surface area (Å²) in [5, 5.41) is 10.4. The van der Waals surface area contributed by atoms with Crippen LogP contribution in [0.5, 0.6) is 0 Å². The lowest BCUT2D eigenvalue weighted by atomic mass is 10.3. The van der Waals surface area contributed by atoms with E-state index in [0.29, 0.717) is 18.0 Å². The van der Waals surface area contributed by atoms with Crippen LogP contribution in [-0.4, -0.2) is 34.2 Å². The van der Waals surface area contributed by atoms with Gasteiger partial charge in [-0.15, -0.1) is 0 Å². The van der Waals surface area contributed by atoms with Crippen molar-refractivity contribution >= 4 is 37.5 Å². The second-order valence-electron chi connectivity index (χ2n) is 5.50. The van der Waals surface area contributed by atoms with E-state index in [1.165, 1.54) is 28.6 Å². The summed E-state index contributed by atoms with van der Waals surface area (Å²) in [6, 6.07) is 8.37. The number of halogens is 1. The number of nitrogens with one attached hydrogen (secondary N) is 1. The SMILES string of the molecule is CCN(CC)S(=O)(=O)c1ccc(S(=O)(=O)Nc2ccc(SC#N)cc2F)cc1. The molecule has 0 fully saturated rings. The van der Waals surface area contributed by atoms with E-state index in [1.54, 1.807) is 19.2 Å². The van der Waals surface area contributed by atoms with Gasteiger partial charge in [-0.25, -0.2) is 21.2 Å². The molecule has 0 heterocycles. The summed E-state index contributed by atoms with van der Waals surface area (Å²) in [6.45, 7) is 4.00. The van der Waals surface area contributed by atoms with Gasteiger partial charge < -0.3 is 0 Å². The quantitative estimate of drug-likeness (QED) is 0.496. The highest BCUT2D eigenvalue weighted by Crippen LogP contribution is 2.25. The Bertz CT molecular complexity index is 1090. The molecule has 0 bridgehead atoms. The molecule has 2 aromatic rings. The van der Waals surface area contributed by atoms with Crippen LogP contribution in [0.4, 0.5) is 10.1 Å². The Kier molecular flexibility index (Phi) is 7.06. The van der Waals surface area contributed by atoms with Crippen molar-refractivity contribution in [3.05, 3.63) is 48.3 Å². The number of nitriles is 1. The molecule has 7 nitrogen and oxygen atoms in total. The minimum atomic E-state index is -4.12. The molecule has 0 spiro atoms. The first-order valence-corrected chi connectivity index (χ1v) is 11.9. The van der Waals surface area contributed by atoms with Crippen molar-refractivity contribution in [1.29, 1.82) is 5.26 Å². The average Bonchev–Trinajstić information content (AvgIpc) is 2.65. The van der Waals surface area contributed by atoms with E-state index in [0.717, 1.165) is 30.0 Å². The Balaban J connectivity index is 2.29. The zero-order valence-electron chi connectivity index (χ0n) is 15.1. The molecule has 0 radical (unpaired) electrons. The first kappa shape index (κ1) is 22.2. The van der Waals surface area contributed by atoms with Crippen LogP contribution in [0.3, 0.4) is 0 Å². The van der Waals surface area contributed by atoms with Gasteiger partial charge in [0.2, 0.25) is 10.0 Å². The van der Waals surface area contributed by atoms with Gasteiger partial charge in [0, 0.05) is 18.0 Å². The minimum Gasteiger partial charge on any atom is -0.277 e. The standard InChI is InChI=1S/C17H18FN3O4S3/c1-3-21(4-2)28(24,25)15-8-6-14(7-9-15)27(22,23)20-17-10-5-13(26-12-19)11-16(17)18/h5-11,20H,3-4H2,1-2H3. The molecule has 2 rings (SSSR count). The lowest BCUT2D eigenvalue weighted by molar-refractivity contribution is 0.445. The molecule has 150 valence electrons. The maximum atomic E-state index is 14.1. The van der Waals surface area contributed by atoms with Crippen molar-refractivity contribution in [3.63, 3.8) is 0 Å². The van der Waals surface area contributed by atoms with Crippen molar-refractivity contribution in [2.45, 2.75) is 28.5 Å². The highest BCUT2D eigenvalue weighted by Gasteiger charge is 2.23. The van der Waals surface area contributed by atoms with Crippen molar-refractivity contribution in [3.8, 4) is 5.40 Å². The topological polar surface area (TPSA) is 107 Å². The molecule has 0 unspecified atom stereocenters. The van der Waals surface area contributed by atoms with Crippen LogP contribution in [0, 0.1) is 16.5 Å². The summed E-state index contributed by atoms with van der Waals surface area (Å²) in [6.07, 6.45) is 0. The van der Waals surface area contributed by atoms with Crippen molar-refractivity contribution in [2.24, 2.45) is 0 Å². The van der Waals surface area contributed by atoms with Crippen LogP contribution in [0.2, 0.25) is 0 Å². The minimum absolute atomic E-state index is 0.0285. The summed E-state index contributed by atoms with van der Waals surface area (Å²) < 4.78 is 67.3. The highest BCUT2D eigenvalue weighted by molar-refractivity contribution is 8.03. The first-order valence-electron chi connectivity index (χ1n) is 8.14. The van der Waals surface area contributed by atoms with Crippen molar-refractivity contribution in [1.82, 2.24) is 4.31 Å². The maximum Gasteiger partial charge on any atom is 0.261 e. The number of thioether (sulfide) groups is 1. The second-order valence-corrected chi connectivity index (χ2v) is 9.98. The van der Waals surface area contributed by atoms with E-state index in [2.05, 4.69) is 4.72 Å². The molecule has 0 atom stereocenters. The summed E-state index contributed by atoms with van der Waals surface area (Å²) in [4.78, 5) is 0.106. The van der Waals surface area contributed by atoms with Gasteiger partial charge in [-0.3, -0.25) is 4.72 Å². The number of sulfonamides is 2. The summed E-state index contributed by atoms with van der Waals surface area (Å²) >= 11 is 0.750. The van der Waals surface area contributed by atoms with Gasteiger partial charge in [-0.2, -0.15) is 9.57 Å². The molecular formula is C17H18FN3O4S3. The van der Waals surface area contributed by atoms with Crippen LogP contribution in [0.15, 0.2) is 57.2 Å². The number of rotatable bonds is 8. The summed E-state index contributed by atoms with van der Waals surface area (Å²) in [5.74, 6) is -0.829. The molecule has 28 heavy (non-hydrogen) atoms. The van der Waals surface area contributed by atoms with Crippen LogP contribution in [0.25, 0.3) is 0 Å². The van der Waals surface area contributed by atoms with E-state index in [9.17, 15) is 21.2 Å². The van der Waals surface area contributed by atoms with E-state index >= 15 is 0 Å². The molecule has 0 aliphatic rings. The van der Waals surface area contributed by atoms with Gasteiger partial charge in [0.1, 0.15) is 11.2 Å². The van der Waals surface area contributed by atoms with Gasteiger partial charge in [0.15, 0.2) is 0 Å². The number of hydrogen-bond acceptors (Lipinski definition) is 6. The fraction of sp³-hybridized carbons (Fsp3) is 0.235. The molecule has 0 saturated carbocycles. The summed E-state index contributed by atoms with van der Waals surface area (Å²) in [7, 11) is -7.83. The average molecular weight is 444 g/mol. The van der Waals surface area contributed by atoms with Gasteiger partial charge in [-0.1, -0.05) is 13.8 Å². The maximum absolute atomic E-state index is 14.1. The molecular weight excluding hydrogens is 425 g/mol. The molecule has 0 amide bonds. The van der Waals surface area contributed by atoms with Crippen LogP contribution in [-0.2, 0) is 20.0 Å². The Morgan fingerprint density at radius 3 is 2.11 bits per heavy atom. The summed E-state index contributed by atoms with van der Waals surface area (Å²) in [5.41, 5.74) is -0.276. The Morgan fingerprint density at radius 2 is 1.61 bits per heavy atom. The third kappa shape index (κ3) is 4.82. The number of nitrogens with zero attached hydrogens (tertiary/aromatic N) is 2. The predicted molar refractivity (Wildman–Crippen MR) is 105 cm³/mol. The highest BCUT2D eigenvalue weighted by atomic mass is 32.2. The Hall–Kier alpha value is -2.13. The molecule has 0 aliphatic carbocycles. The lowest BCUT2D eigenvalue weighted by Gasteiger charge is -2.18. The van der Waals surface area contributed by atoms with Crippen LogP contribution < -0.4 is 4.72 Å². The zero-order valence-corrected chi connectivity index (χ0v) is 17.5. The van der Waals surface area contributed by atoms with Crippen molar-refractivity contribution in [2.75, 3.05) is 17.8 Å². The predicted octanol–water partition coefficient (Wildman–Crippen LogP) is 3.23. The van der Waals surface area contributed by atoms with Gasteiger partial charge in [-0.05, 0) is 54.2 Å². The van der Waals surface area contributed by atoms with Crippen molar-refractivity contribution < 1.29 is 21.2 Å². The van der Waals surface area contributed by atoms with Gasteiger partial charge >= 0.3 is 0 Å².